The molecule has 3 nitrogen and oxygen atoms in total. The van der Waals surface area contributed by atoms with E-state index in [2.05, 4.69) is 39.6 Å². The van der Waals surface area contributed by atoms with E-state index in [-0.39, 0.29) is 0 Å². The Morgan fingerprint density at radius 3 is 2.95 bits per heavy atom. The van der Waals surface area contributed by atoms with Crippen LogP contribution in [0.5, 0.6) is 0 Å². The zero-order valence-electron chi connectivity index (χ0n) is 11.0. The number of hydrogen-bond donors (Lipinski definition) is 2. The van der Waals surface area contributed by atoms with Gasteiger partial charge in [0.2, 0.25) is 0 Å². The lowest BCUT2D eigenvalue weighted by atomic mass is 10.1. The maximum absolute atomic E-state index is 4.48. The predicted molar refractivity (Wildman–Crippen MR) is 77.8 cm³/mol. The molecule has 3 heteroatoms. The normalized spacial score (nSPS) is 11.0. The molecule has 2 aromatic heterocycles. The number of nitrogens with one attached hydrogen (secondary N) is 2. The summed E-state index contributed by atoms with van der Waals surface area (Å²) in [5.41, 5.74) is 4.61. The summed E-state index contributed by atoms with van der Waals surface area (Å²) in [5, 5.41) is 4.68. The summed E-state index contributed by atoms with van der Waals surface area (Å²) in [4.78, 5) is 7.71. The zero-order chi connectivity index (χ0) is 13.1. The average molecular weight is 251 g/mol. The van der Waals surface area contributed by atoms with Gasteiger partial charge in [-0.2, -0.15) is 0 Å². The number of H-pyrrole nitrogens is 1. The van der Waals surface area contributed by atoms with Crippen molar-refractivity contribution >= 4 is 10.9 Å². The van der Waals surface area contributed by atoms with Crippen molar-refractivity contribution in [2.24, 2.45) is 0 Å². The highest BCUT2D eigenvalue weighted by molar-refractivity contribution is 5.79. The number of aryl methyl sites for hydroxylation is 1. The van der Waals surface area contributed by atoms with Crippen LogP contribution in [0.4, 0.5) is 0 Å². The van der Waals surface area contributed by atoms with Gasteiger partial charge in [-0.3, -0.25) is 4.98 Å². The highest BCUT2D eigenvalue weighted by Crippen LogP contribution is 2.14. The van der Waals surface area contributed by atoms with Crippen molar-refractivity contribution in [3.05, 3.63) is 65.6 Å². The van der Waals surface area contributed by atoms with Crippen LogP contribution in [-0.4, -0.2) is 9.97 Å². The number of aromatic nitrogens is 2. The molecule has 0 amide bonds. The first-order valence-corrected chi connectivity index (χ1v) is 6.50. The lowest BCUT2D eigenvalue weighted by Crippen LogP contribution is -2.13. The van der Waals surface area contributed by atoms with E-state index in [4.69, 9.17) is 0 Å². The minimum absolute atomic E-state index is 0.796. The summed E-state index contributed by atoms with van der Waals surface area (Å²) < 4.78 is 0. The van der Waals surface area contributed by atoms with Gasteiger partial charge in [0, 0.05) is 30.5 Å². The summed E-state index contributed by atoms with van der Waals surface area (Å²) in [5.74, 6) is 0. The molecule has 2 N–H and O–H groups in total. The molecule has 0 aliphatic carbocycles. The van der Waals surface area contributed by atoms with Crippen LogP contribution in [0.25, 0.3) is 10.9 Å². The molecule has 1 aromatic carbocycles. The van der Waals surface area contributed by atoms with E-state index in [0.717, 1.165) is 24.5 Å². The van der Waals surface area contributed by atoms with E-state index in [1.165, 1.54) is 16.5 Å². The Balaban J connectivity index is 1.62. The third-order valence-corrected chi connectivity index (χ3v) is 3.20. The number of nitrogens with zero attached hydrogens (tertiary/aromatic N) is 1. The predicted octanol–water partition coefficient (Wildman–Crippen LogP) is 3.16. The molecule has 0 radical (unpaired) electrons. The largest absolute Gasteiger partial charge is 0.361 e. The molecule has 3 aromatic rings. The molecule has 0 fully saturated rings. The van der Waals surface area contributed by atoms with Crippen molar-refractivity contribution in [3.63, 3.8) is 0 Å². The molecule has 0 aliphatic rings. The van der Waals surface area contributed by atoms with Crippen LogP contribution in [0.1, 0.15) is 17.0 Å². The fraction of sp³-hybridized carbons (Fsp3) is 0.188. The monoisotopic (exact) mass is 251 g/mol. The third-order valence-electron chi connectivity index (χ3n) is 3.20. The van der Waals surface area contributed by atoms with E-state index in [9.17, 15) is 0 Å². The second-order valence-electron chi connectivity index (χ2n) is 4.77. The Kier molecular flexibility index (Phi) is 3.29. The Hall–Kier alpha value is -2.13. The van der Waals surface area contributed by atoms with Crippen molar-refractivity contribution in [1.29, 1.82) is 0 Å². The van der Waals surface area contributed by atoms with Crippen molar-refractivity contribution in [2.45, 2.75) is 20.0 Å². The quantitative estimate of drug-likeness (QED) is 0.747. The lowest BCUT2D eigenvalue weighted by Gasteiger charge is -2.05. The van der Waals surface area contributed by atoms with Crippen molar-refractivity contribution < 1.29 is 0 Å². The number of hydrogen-bond acceptors (Lipinski definition) is 2. The minimum atomic E-state index is 0.796. The van der Waals surface area contributed by atoms with Gasteiger partial charge in [-0.1, -0.05) is 18.2 Å². The van der Waals surface area contributed by atoms with Crippen LogP contribution in [-0.2, 0) is 13.1 Å². The van der Waals surface area contributed by atoms with Crippen LogP contribution in [0, 0.1) is 6.92 Å². The molecular weight excluding hydrogens is 234 g/mol. The van der Waals surface area contributed by atoms with Gasteiger partial charge in [0.05, 0.1) is 5.69 Å². The van der Waals surface area contributed by atoms with E-state index in [0.29, 0.717) is 0 Å². The number of pyridine rings is 1. The molecule has 0 saturated carbocycles. The first kappa shape index (κ1) is 11.9. The van der Waals surface area contributed by atoms with Crippen LogP contribution >= 0.6 is 0 Å². The number of fused-ring (bicyclic) bond motifs is 1. The van der Waals surface area contributed by atoms with Crippen molar-refractivity contribution in [2.75, 3.05) is 0 Å². The number of benzene rings is 1. The first-order chi connectivity index (χ1) is 9.31. The molecule has 3 rings (SSSR count). The van der Waals surface area contributed by atoms with E-state index in [1.54, 1.807) is 0 Å². The molecule has 0 atom stereocenters. The molecule has 0 bridgehead atoms. The molecule has 0 saturated heterocycles. The van der Waals surface area contributed by atoms with Gasteiger partial charge in [0.25, 0.3) is 0 Å². The van der Waals surface area contributed by atoms with Gasteiger partial charge in [0.15, 0.2) is 0 Å². The average Bonchev–Trinajstić information content (AvgIpc) is 2.86. The molecule has 0 aliphatic heterocycles. The Bertz CT molecular complexity index is 685. The first-order valence-electron chi connectivity index (χ1n) is 6.50. The van der Waals surface area contributed by atoms with E-state index < -0.39 is 0 Å². The topological polar surface area (TPSA) is 40.7 Å². The van der Waals surface area contributed by atoms with E-state index in [1.807, 2.05) is 31.3 Å². The SMILES string of the molecule is Cc1cccc(CNCc2ccc3cc[nH]c3c2)n1. The minimum Gasteiger partial charge on any atom is -0.361 e. The molecule has 19 heavy (non-hydrogen) atoms. The number of aromatic amines is 1. The van der Waals surface area contributed by atoms with Crippen molar-refractivity contribution in [1.82, 2.24) is 15.3 Å². The van der Waals surface area contributed by atoms with Crippen LogP contribution in [0.3, 0.4) is 0 Å². The zero-order valence-corrected chi connectivity index (χ0v) is 11.0. The van der Waals surface area contributed by atoms with Crippen LogP contribution in [0.15, 0.2) is 48.7 Å². The number of rotatable bonds is 4. The second kappa shape index (κ2) is 5.24. The fourth-order valence-electron chi connectivity index (χ4n) is 2.24. The standard InChI is InChI=1S/C16H17N3/c1-12-3-2-4-15(19-12)11-17-10-13-5-6-14-7-8-18-16(14)9-13/h2-9,17-18H,10-11H2,1H3. The van der Waals surface area contributed by atoms with Gasteiger partial charge in [-0.15, -0.1) is 0 Å². The summed E-state index contributed by atoms with van der Waals surface area (Å²) in [6, 6.07) is 14.7. The smallest absolute Gasteiger partial charge is 0.0544 e. The Morgan fingerprint density at radius 1 is 1.11 bits per heavy atom. The summed E-state index contributed by atoms with van der Waals surface area (Å²) >= 11 is 0. The maximum atomic E-state index is 4.48. The Morgan fingerprint density at radius 2 is 2.05 bits per heavy atom. The molecule has 0 unspecified atom stereocenters. The van der Waals surface area contributed by atoms with Crippen LogP contribution < -0.4 is 5.32 Å². The summed E-state index contributed by atoms with van der Waals surface area (Å²) in [6.45, 7) is 3.66. The molecule has 96 valence electrons. The van der Waals surface area contributed by atoms with Gasteiger partial charge in [-0.05, 0) is 42.1 Å². The molecule has 2 heterocycles. The van der Waals surface area contributed by atoms with Gasteiger partial charge < -0.3 is 10.3 Å². The van der Waals surface area contributed by atoms with Gasteiger partial charge in [0.1, 0.15) is 0 Å². The summed E-state index contributed by atoms with van der Waals surface area (Å²) in [6.07, 6.45) is 1.97. The summed E-state index contributed by atoms with van der Waals surface area (Å²) in [7, 11) is 0. The second-order valence-corrected chi connectivity index (χ2v) is 4.77. The molecule has 0 spiro atoms. The molecular formula is C16H17N3. The Labute approximate surface area is 112 Å². The third kappa shape index (κ3) is 2.83. The van der Waals surface area contributed by atoms with Crippen molar-refractivity contribution in [3.8, 4) is 0 Å². The van der Waals surface area contributed by atoms with Gasteiger partial charge >= 0.3 is 0 Å². The fourth-order valence-corrected chi connectivity index (χ4v) is 2.24. The maximum Gasteiger partial charge on any atom is 0.0544 e. The van der Waals surface area contributed by atoms with Crippen LogP contribution in [0.2, 0.25) is 0 Å². The highest BCUT2D eigenvalue weighted by Gasteiger charge is 1.98. The highest BCUT2D eigenvalue weighted by atomic mass is 14.9. The van der Waals surface area contributed by atoms with E-state index >= 15 is 0 Å². The lowest BCUT2D eigenvalue weighted by molar-refractivity contribution is 0.678. The van der Waals surface area contributed by atoms with Gasteiger partial charge in [-0.25, -0.2) is 0 Å².